The van der Waals surface area contributed by atoms with E-state index in [9.17, 15) is 9.59 Å². The van der Waals surface area contributed by atoms with Crippen LogP contribution in [-0.2, 0) is 9.53 Å². The first kappa shape index (κ1) is 21.1. The van der Waals surface area contributed by atoms with E-state index in [2.05, 4.69) is 10.6 Å². The van der Waals surface area contributed by atoms with E-state index in [0.717, 1.165) is 11.4 Å². The van der Waals surface area contributed by atoms with Crippen LogP contribution in [0.2, 0.25) is 0 Å². The van der Waals surface area contributed by atoms with Crippen LogP contribution >= 0.6 is 12.2 Å². The number of anilines is 1. The highest BCUT2D eigenvalue weighted by atomic mass is 32.1. The third kappa shape index (κ3) is 6.21. The van der Waals surface area contributed by atoms with Crippen molar-refractivity contribution in [1.29, 1.82) is 0 Å². The zero-order valence-electron chi connectivity index (χ0n) is 15.7. The number of nitrogens with one attached hydrogen (secondary N) is 2. The third-order valence-electron chi connectivity index (χ3n) is 3.55. The minimum Gasteiger partial charge on any atom is -0.494 e. The molecule has 0 saturated heterocycles. The van der Waals surface area contributed by atoms with E-state index in [0.29, 0.717) is 12.2 Å². The summed E-state index contributed by atoms with van der Waals surface area (Å²) in [4.78, 5) is 24.8. The normalized spacial score (nSPS) is 10.7. The molecule has 0 amide bonds. The second-order valence-electron chi connectivity index (χ2n) is 5.53. The van der Waals surface area contributed by atoms with Crippen LogP contribution in [0.15, 0.2) is 66.4 Å². The molecular weight excluding hydrogens is 376 g/mol. The van der Waals surface area contributed by atoms with Crippen molar-refractivity contribution in [3.05, 3.63) is 71.9 Å². The summed E-state index contributed by atoms with van der Waals surface area (Å²) < 4.78 is 10.4. The van der Waals surface area contributed by atoms with Crippen molar-refractivity contribution in [2.75, 3.05) is 18.5 Å². The summed E-state index contributed by atoms with van der Waals surface area (Å²) in [6.45, 7) is 4.33. The number of esters is 1. The molecule has 0 unspecified atom stereocenters. The minimum atomic E-state index is -0.715. The smallest absolute Gasteiger partial charge is 0.343 e. The lowest BCUT2D eigenvalue weighted by Gasteiger charge is -2.11. The summed E-state index contributed by atoms with van der Waals surface area (Å²) in [5.41, 5.74) is 0.985. The Morgan fingerprint density at radius 3 is 2.29 bits per heavy atom. The number of ketones is 1. The lowest BCUT2D eigenvalue weighted by Crippen LogP contribution is -2.27. The molecule has 0 fully saturated rings. The van der Waals surface area contributed by atoms with Gasteiger partial charge in [0.1, 0.15) is 11.3 Å². The van der Waals surface area contributed by atoms with Gasteiger partial charge in [-0.1, -0.05) is 30.3 Å². The number of ether oxygens (including phenoxy) is 2. The summed E-state index contributed by atoms with van der Waals surface area (Å²) >= 11 is 5.23. The maximum Gasteiger partial charge on any atom is 0.343 e. The molecule has 0 saturated carbocycles. The van der Waals surface area contributed by atoms with Crippen molar-refractivity contribution >= 4 is 34.8 Å². The molecule has 0 aliphatic carbocycles. The molecule has 0 heterocycles. The first-order valence-electron chi connectivity index (χ1n) is 8.82. The summed E-state index contributed by atoms with van der Waals surface area (Å²) in [5.74, 6) is -0.409. The number of hydrogen-bond donors (Lipinski definition) is 2. The molecule has 0 spiro atoms. The molecule has 0 bridgehead atoms. The zero-order valence-corrected chi connectivity index (χ0v) is 16.5. The van der Waals surface area contributed by atoms with Gasteiger partial charge < -0.3 is 20.1 Å². The van der Waals surface area contributed by atoms with E-state index in [4.69, 9.17) is 21.7 Å². The van der Waals surface area contributed by atoms with Crippen LogP contribution in [-0.4, -0.2) is 30.1 Å². The maximum atomic E-state index is 12.6. The highest BCUT2D eigenvalue weighted by Gasteiger charge is 2.21. The van der Waals surface area contributed by atoms with E-state index in [1.807, 2.05) is 31.2 Å². The SMILES string of the molecule is CCOC(=O)/C(=C\NC(=S)Nc1ccc(OCC)cc1)C(=O)c1ccccc1. The maximum absolute atomic E-state index is 12.6. The van der Waals surface area contributed by atoms with Crippen LogP contribution < -0.4 is 15.4 Å². The Kier molecular flexibility index (Phi) is 8.17. The topological polar surface area (TPSA) is 76.7 Å². The second kappa shape index (κ2) is 10.8. The molecule has 0 aliphatic heterocycles. The fourth-order valence-electron chi connectivity index (χ4n) is 2.28. The second-order valence-corrected chi connectivity index (χ2v) is 5.94. The predicted octanol–water partition coefficient (Wildman–Crippen LogP) is 3.70. The number of carbonyl (C=O) groups excluding carboxylic acids is 2. The van der Waals surface area contributed by atoms with E-state index < -0.39 is 11.8 Å². The van der Waals surface area contributed by atoms with Gasteiger partial charge in [0.15, 0.2) is 5.11 Å². The Morgan fingerprint density at radius 1 is 1.00 bits per heavy atom. The summed E-state index contributed by atoms with van der Waals surface area (Å²) in [6.07, 6.45) is 1.26. The molecule has 28 heavy (non-hydrogen) atoms. The Balaban J connectivity index is 2.09. The Morgan fingerprint density at radius 2 is 1.68 bits per heavy atom. The highest BCUT2D eigenvalue weighted by Crippen LogP contribution is 2.15. The van der Waals surface area contributed by atoms with Gasteiger partial charge in [0.2, 0.25) is 5.78 Å². The molecule has 2 aromatic rings. The molecule has 0 aliphatic rings. The Bertz CT molecular complexity index is 848. The van der Waals surface area contributed by atoms with Gasteiger partial charge in [0.05, 0.1) is 13.2 Å². The van der Waals surface area contributed by atoms with Crippen molar-refractivity contribution in [2.45, 2.75) is 13.8 Å². The molecule has 2 N–H and O–H groups in total. The van der Waals surface area contributed by atoms with Gasteiger partial charge in [0, 0.05) is 17.5 Å². The average Bonchev–Trinajstić information content (AvgIpc) is 2.70. The van der Waals surface area contributed by atoms with Gasteiger partial charge in [-0.2, -0.15) is 0 Å². The standard InChI is InChI=1S/C21H22N2O4S/c1-3-26-17-12-10-16(11-13-17)23-21(28)22-14-18(20(25)27-4-2)19(24)15-8-6-5-7-9-15/h5-14H,3-4H2,1-2H3,(H2,22,23,28)/b18-14-. The van der Waals surface area contributed by atoms with Gasteiger partial charge in [-0.25, -0.2) is 4.79 Å². The monoisotopic (exact) mass is 398 g/mol. The van der Waals surface area contributed by atoms with Crippen LogP contribution in [0.4, 0.5) is 5.69 Å². The number of thiocarbonyl (C=S) groups is 1. The first-order chi connectivity index (χ1) is 13.5. The molecular formula is C21H22N2O4S. The fraction of sp³-hybridized carbons (Fsp3) is 0.190. The molecule has 6 nitrogen and oxygen atoms in total. The van der Waals surface area contributed by atoms with Crippen LogP contribution in [0.25, 0.3) is 0 Å². The Labute approximate surface area is 169 Å². The van der Waals surface area contributed by atoms with Crippen LogP contribution in [0.5, 0.6) is 5.75 Å². The van der Waals surface area contributed by atoms with Crippen molar-refractivity contribution in [3.8, 4) is 5.75 Å². The summed E-state index contributed by atoms with van der Waals surface area (Å²) in [5, 5.41) is 5.97. The molecule has 7 heteroatoms. The van der Waals surface area contributed by atoms with Crippen LogP contribution in [0.3, 0.4) is 0 Å². The molecule has 146 valence electrons. The van der Waals surface area contributed by atoms with Crippen molar-refractivity contribution < 1.29 is 19.1 Å². The van der Waals surface area contributed by atoms with Crippen molar-refractivity contribution in [1.82, 2.24) is 5.32 Å². The summed E-state index contributed by atoms with van der Waals surface area (Å²) in [7, 11) is 0. The number of rotatable bonds is 8. The van der Waals surface area contributed by atoms with Crippen molar-refractivity contribution in [2.24, 2.45) is 0 Å². The van der Waals surface area contributed by atoms with E-state index in [1.165, 1.54) is 6.20 Å². The van der Waals surface area contributed by atoms with Gasteiger partial charge in [-0.3, -0.25) is 4.79 Å². The minimum absolute atomic E-state index is 0.135. The fourth-order valence-corrected chi connectivity index (χ4v) is 2.45. The highest BCUT2D eigenvalue weighted by molar-refractivity contribution is 7.80. The van der Waals surface area contributed by atoms with E-state index in [-0.39, 0.29) is 17.3 Å². The predicted molar refractivity (Wildman–Crippen MR) is 112 cm³/mol. The van der Waals surface area contributed by atoms with Crippen LogP contribution in [0.1, 0.15) is 24.2 Å². The van der Waals surface area contributed by atoms with Crippen molar-refractivity contribution in [3.63, 3.8) is 0 Å². The lowest BCUT2D eigenvalue weighted by molar-refractivity contribution is -0.138. The molecule has 2 rings (SSSR count). The number of carbonyl (C=O) groups is 2. The van der Waals surface area contributed by atoms with Gasteiger partial charge in [-0.15, -0.1) is 0 Å². The Hall–Kier alpha value is -3.19. The third-order valence-corrected chi connectivity index (χ3v) is 3.77. The molecule has 0 radical (unpaired) electrons. The van der Waals surface area contributed by atoms with Gasteiger partial charge in [0.25, 0.3) is 0 Å². The zero-order chi connectivity index (χ0) is 20.4. The van der Waals surface area contributed by atoms with Crippen LogP contribution in [0, 0.1) is 0 Å². The largest absolute Gasteiger partial charge is 0.494 e. The van der Waals surface area contributed by atoms with Gasteiger partial charge >= 0.3 is 5.97 Å². The number of hydrogen-bond acceptors (Lipinski definition) is 5. The molecule has 2 aromatic carbocycles. The average molecular weight is 398 g/mol. The quantitative estimate of drug-likeness (QED) is 0.175. The number of Topliss-reactive ketones (excluding diaryl/α,β-unsaturated/α-hetero) is 1. The summed E-state index contributed by atoms with van der Waals surface area (Å²) in [6, 6.07) is 15.7. The lowest BCUT2D eigenvalue weighted by atomic mass is 10.0. The number of benzene rings is 2. The van der Waals surface area contributed by atoms with E-state index >= 15 is 0 Å². The van der Waals surface area contributed by atoms with E-state index in [1.54, 1.807) is 37.3 Å². The van der Waals surface area contributed by atoms with Gasteiger partial charge in [-0.05, 0) is 50.3 Å². The molecule has 0 aromatic heterocycles. The first-order valence-corrected chi connectivity index (χ1v) is 9.23. The molecule has 0 atom stereocenters.